The minimum Gasteiger partial charge on any atom is -0.490 e. The van der Waals surface area contributed by atoms with Crippen molar-refractivity contribution in [3.63, 3.8) is 0 Å². The van der Waals surface area contributed by atoms with E-state index in [1.54, 1.807) is 12.1 Å². The molecular weight excluding hydrogens is 263 g/mol. The molecule has 0 aliphatic carbocycles. The van der Waals surface area contributed by atoms with Crippen molar-refractivity contribution in [2.45, 2.75) is 24.8 Å². The molecule has 2 atom stereocenters. The quantitative estimate of drug-likeness (QED) is 0.735. The van der Waals surface area contributed by atoms with Crippen molar-refractivity contribution in [3.8, 4) is 5.75 Å². The highest BCUT2D eigenvalue weighted by molar-refractivity contribution is 6.22. The van der Waals surface area contributed by atoms with E-state index in [0.717, 1.165) is 23.3 Å². The Morgan fingerprint density at radius 2 is 1.84 bits per heavy atom. The van der Waals surface area contributed by atoms with Crippen LogP contribution in [0.3, 0.4) is 0 Å². The molecule has 1 aliphatic rings. The Kier molecular flexibility index (Phi) is 3.19. The first kappa shape index (κ1) is 12.5. The highest BCUT2D eigenvalue weighted by atomic mass is 35.5. The number of alkyl halides is 1. The lowest BCUT2D eigenvalue weighted by Gasteiger charge is -2.11. The number of benzene rings is 2. The Morgan fingerprint density at radius 3 is 2.58 bits per heavy atom. The second-order valence-corrected chi connectivity index (χ2v) is 5.35. The zero-order valence-corrected chi connectivity index (χ0v) is 11.3. The van der Waals surface area contributed by atoms with E-state index >= 15 is 0 Å². The van der Waals surface area contributed by atoms with E-state index < -0.39 is 0 Å². The monoisotopic (exact) mass is 276 g/mol. The average molecular weight is 277 g/mol. The molecule has 1 aliphatic heterocycles. The number of fused-ring (bicyclic) bond motifs is 1. The van der Waals surface area contributed by atoms with Crippen LogP contribution in [0.2, 0.25) is 0 Å². The van der Waals surface area contributed by atoms with Crippen LogP contribution in [0.4, 0.5) is 4.39 Å². The van der Waals surface area contributed by atoms with Gasteiger partial charge in [-0.1, -0.05) is 24.3 Å². The molecule has 0 amide bonds. The number of rotatable bonds is 2. The predicted molar refractivity (Wildman–Crippen MR) is 74.3 cm³/mol. The van der Waals surface area contributed by atoms with Gasteiger partial charge in [-0.05, 0) is 41.8 Å². The molecule has 0 spiro atoms. The molecule has 0 aromatic heterocycles. The molecule has 0 saturated carbocycles. The van der Waals surface area contributed by atoms with Crippen LogP contribution >= 0.6 is 11.6 Å². The van der Waals surface area contributed by atoms with Crippen LogP contribution in [0, 0.1) is 5.82 Å². The van der Waals surface area contributed by atoms with Gasteiger partial charge in [0.2, 0.25) is 0 Å². The molecule has 3 heteroatoms. The van der Waals surface area contributed by atoms with E-state index in [4.69, 9.17) is 16.3 Å². The molecule has 2 aromatic rings. The Morgan fingerprint density at radius 1 is 1.16 bits per heavy atom. The third-order valence-corrected chi connectivity index (χ3v) is 3.88. The topological polar surface area (TPSA) is 9.23 Å². The van der Waals surface area contributed by atoms with Crippen LogP contribution in [-0.2, 0) is 6.42 Å². The highest BCUT2D eigenvalue weighted by Crippen LogP contribution is 2.35. The lowest BCUT2D eigenvalue weighted by atomic mass is 10.0. The maximum absolute atomic E-state index is 12.9. The van der Waals surface area contributed by atoms with Crippen LogP contribution in [-0.4, -0.2) is 6.10 Å². The van der Waals surface area contributed by atoms with Crippen LogP contribution in [0.5, 0.6) is 5.75 Å². The van der Waals surface area contributed by atoms with Crippen LogP contribution in [0.25, 0.3) is 0 Å². The largest absolute Gasteiger partial charge is 0.490 e. The van der Waals surface area contributed by atoms with Crippen LogP contribution in [0.1, 0.15) is 29.0 Å². The average Bonchev–Trinajstić information content (AvgIpc) is 2.77. The van der Waals surface area contributed by atoms with Gasteiger partial charge >= 0.3 is 0 Å². The Bertz CT molecular complexity index is 594. The van der Waals surface area contributed by atoms with Crippen molar-refractivity contribution >= 4 is 11.6 Å². The number of hydrogen-bond donors (Lipinski definition) is 0. The highest BCUT2D eigenvalue weighted by Gasteiger charge is 2.21. The van der Waals surface area contributed by atoms with Gasteiger partial charge in [0.15, 0.2) is 0 Å². The Balaban J connectivity index is 1.90. The molecule has 0 radical (unpaired) electrons. The van der Waals surface area contributed by atoms with Gasteiger partial charge < -0.3 is 4.74 Å². The summed E-state index contributed by atoms with van der Waals surface area (Å²) in [5.74, 6) is 0.697. The molecule has 2 unspecified atom stereocenters. The zero-order chi connectivity index (χ0) is 13.4. The second-order valence-electron chi connectivity index (χ2n) is 4.91. The minimum atomic E-state index is -0.262. The fourth-order valence-corrected chi connectivity index (χ4v) is 2.71. The molecule has 1 heterocycles. The fraction of sp³-hybridized carbons (Fsp3) is 0.250. The minimum absolute atomic E-state index is 0.227. The lowest BCUT2D eigenvalue weighted by molar-refractivity contribution is 0.254. The van der Waals surface area contributed by atoms with Crippen molar-refractivity contribution in [2.75, 3.05) is 0 Å². The molecule has 98 valence electrons. The van der Waals surface area contributed by atoms with Gasteiger partial charge in [-0.2, -0.15) is 0 Å². The summed E-state index contributed by atoms with van der Waals surface area (Å²) >= 11 is 6.46. The standard InChI is InChI=1S/C16H14ClFO/c1-10-8-13-9-12(4-7-15(13)19-10)16(17)11-2-5-14(18)6-3-11/h2-7,9-10,16H,8H2,1H3. The summed E-state index contributed by atoms with van der Waals surface area (Å²) in [5.41, 5.74) is 3.11. The van der Waals surface area contributed by atoms with Crippen LogP contribution < -0.4 is 4.74 Å². The zero-order valence-electron chi connectivity index (χ0n) is 10.6. The summed E-state index contributed by atoms with van der Waals surface area (Å²) < 4.78 is 18.6. The van der Waals surface area contributed by atoms with E-state index in [0.29, 0.717) is 0 Å². The lowest BCUT2D eigenvalue weighted by Crippen LogP contribution is -2.05. The van der Waals surface area contributed by atoms with E-state index in [9.17, 15) is 4.39 Å². The van der Waals surface area contributed by atoms with E-state index in [1.165, 1.54) is 17.7 Å². The summed E-state index contributed by atoms with van der Waals surface area (Å²) in [5, 5.41) is -0.262. The SMILES string of the molecule is CC1Cc2cc(C(Cl)c3ccc(F)cc3)ccc2O1. The molecular formula is C16H14ClFO. The summed E-state index contributed by atoms with van der Waals surface area (Å²) in [6, 6.07) is 12.3. The van der Waals surface area contributed by atoms with Gasteiger partial charge in [-0.25, -0.2) is 4.39 Å². The summed E-state index contributed by atoms with van der Waals surface area (Å²) in [6.45, 7) is 2.05. The Labute approximate surface area is 117 Å². The Hall–Kier alpha value is -1.54. The van der Waals surface area contributed by atoms with Gasteiger partial charge in [-0.15, -0.1) is 11.6 Å². The first-order valence-electron chi connectivity index (χ1n) is 6.32. The van der Waals surface area contributed by atoms with E-state index in [2.05, 4.69) is 13.0 Å². The molecule has 19 heavy (non-hydrogen) atoms. The third kappa shape index (κ3) is 2.45. The first-order chi connectivity index (χ1) is 9.13. The molecule has 1 nitrogen and oxygen atoms in total. The van der Waals surface area contributed by atoms with Gasteiger partial charge in [-0.3, -0.25) is 0 Å². The van der Waals surface area contributed by atoms with Crippen molar-refractivity contribution < 1.29 is 9.13 Å². The molecule has 0 N–H and O–H groups in total. The molecule has 0 saturated heterocycles. The molecule has 0 fully saturated rings. The number of hydrogen-bond acceptors (Lipinski definition) is 1. The molecule has 0 bridgehead atoms. The van der Waals surface area contributed by atoms with Crippen molar-refractivity contribution in [1.29, 1.82) is 0 Å². The van der Waals surface area contributed by atoms with Gasteiger partial charge in [0.05, 0.1) is 5.38 Å². The summed E-state index contributed by atoms with van der Waals surface area (Å²) in [4.78, 5) is 0. The first-order valence-corrected chi connectivity index (χ1v) is 6.76. The van der Waals surface area contributed by atoms with Gasteiger partial charge in [0, 0.05) is 6.42 Å². The van der Waals surface area contributed by atoms with Crippen molar-refractivity contribution in [1.82, 2.24) is 0 Å². The van der Waals surface area contributed by atoms with Crippen molar-refractivity contribution in [3.05, 3.63) is 65.0 Å². The summed E-state index contributed by atoms with van der Waals surface area (Å²) in [7, 11) is 0. The van der Waals surface area contributed by atoms with Crippen molar-refractivity contribution in [2.24, 2.45) is 0 Å². The predicted octanol–water partition coefficient (Wildman–Crippen LogP) is 4.48. The van der Waals surface area contributed by atoms with E-state index in [-0.39, 0.29) is 17.3 Å². The normalized spacial score (nSPS) is 18.8. The molecule has 2 aromatic carbocycles. The second kappa shape index (κ2) is 4.86. The summed E-state index contributed by atoms with van der Waals surface area (Å²) in [6.07, 6.45) is 1.14. The maximum atomic E-state index is 12.9. The molecule has 3 rings (SSSR count). The van der Waals surface area contributed by atoms with Gasteiger partial charge in [0.1, 0.15) is 17.7 Å². The third-order valence-electron chi connectivity index (χ3n) is 3.38. The van der Waals surface area contributed by atoms with Crippen LogP contribution in [0.15, 0.2) is 42.5 Å². The maximum Gasteiger partial charge on any atom is 0.123 e. The fourth-order valence-electron chi connectivity index (χ4n) is 2.42. The number of ether oxygens (including phenoxy) is 1. The van der Waals surface area contributed by atoms with Gasteiger partial charge in [0.25, 0.3) is 0 Å². The van der Waals surface area contributed by atoms with E-state index in [1.807, 2.05) is 12.1 Å². The smallest absolute Gasteiger partial charge is 0.123 e. The number of halogens is 2.